The predicted octanol–water partition coefficient (Wildman–Crippen LogP) is 4.39. The first-order valence-corrected chi connectivity index (χ1v) is 11.4. The first kappa shape index (κ1) is 20.3. The van der Waals surface area contributed by atoms with Gasteiger partial charge in [0.05, 0.1) is 10.6 Å². The van der Waals surface area contributed by atoms with Gasteiger partial charge in [0, 0.05) is 18.7 Å². The summed E-state index contributed by atoms with van der Waals surface area (Å²) in [6.07, 6.45) is 1.08. The molecule has 0 aromatic heterocycles. The van der Waals surface area contributed by atoms with Gasteiger partial charge in [0.2, 0.25) is 15.9 Å². The Labute approximate surface area is 177 Å². The molecule has 154 valence electrons. The minimum Gasteiger partial charge on any atom is -0.281 e. The highest BCUT2D eigenvalue weighted by Gasteiger charge is 2.25. The summed E-state index contributed by atoms with van der Waals surface area (Å²) in [5.41, 5.74) is 5.36. The van der Waals surface area contributed by atoms with Crippen molar-refractivity contribution >= 4 is 27.3 Å². The summed E-state index contributed by atoms with van der Waals surface area (Å²) in [4.78, 5) is 14.6. The fourth-order valence-corrected chi connectivity index (χ4v) is 5.11. The van der Waals surface area contributed by atoms with E-state index in [0.29, 0.717) is 17.7 Å². The third kappa shape index (κ3) is 4.01. The highest BCUT2D eigenvalue weighted by molar-refractivity contribution is 7.89. The molecular formula is C24H24N2O3S. The van der Waals surface area contributed by atoms with Crippen LogP contribution in [-0.2, 0) is 27.8 Å². The van der Waals surface area contributed by atoms with Gasteiger partial charge in [-0.25, -0.2) is 13.1 Å². The van der Waals surface area contributed by atoms with Gasteiger partial charge in [0.1, 0.15) is 0 Å². The van der Waals surface area contributed by atoms with E-state index in [1.54, 1.807) is 24.0 Å². The molecule has 0 saturated carbocycles. The van der Waals surface area contributed by atoms with Gasteiger partial charge in [0.25, 0.3) is 0 Å². The number of rotatable bonds is 5. The molecular weight excluding hydrogens is 396 g/mol. The minimum absolute atomic E-state index is 0.0667. The number of nitrogens with one attached hydrogen (secondary N) is 1. The van der Waals surface area contributed by atoms with Crippen molar-refractivity contribution in [3.8, 4) is 0 Å². The van der Waals surface area contributed by atoms with E-state index in [4.69, 9.17) is 0 Å². The predicted molar refractivity (Wildman–Crippen MR) is 118 cm³/mol. The summed E-state index contributed by atoms with van der Waals surface area (Å²) in [7, 11) is -3.60. The van der Waals surface area contributed by atoms with E-state index in [1.807, 2.05) is 61.5 Å². The van der Waals surface area contributed by atoms with E-state index in [1.165, 1.54) is 0 Å². The van der Waals surface area contributed by atoms with Gasteiger partial charge in [-0.15, -0.1) is 0 Å². The third-order valence-corrected chi connectivity index (χ3v) is 6.90. The number of benzene rings is 3. The lowest BCUT2D eigenvalue weighted by atomic mass is 9.98. The Hall–Kier alpha value is -2.96. The van der Waals surface area contributed by atoms with E-state index in [2.05, 4.69) is 4.72 Å². The second kappa shape index (κ2) is 8.05. The van der Waals surface area contributed by atoms with Crippen molar-refractivity contribution < 1.29 is 13.2 Å². The van der Waals surface area contributed by atoms with Crippen molar-refractivity contribution in [2.75, 3.05) is 4.90 Å². The minimum atomic E-state index is -3.60. The summed E-state index contributed by atoms with van der Waals surface area (Å²) in [5, 5.41) is 0. The molecule has 1 heterocycles. The van der Waals surface area contributed by atoms with Crippen LogP contribution in [0, 0.1) is 13.8 Å². The molecule has 0 bridgehead atoms. The van der Waals surface area contributed by atoms with Gasteiger partial charge < -0.3 is 0 Å². The summed E-state index contributed by atoms with van der Waals surface area (Å²) in [6.45, 7) is 3.94. The molecule has 0 saturated heterocycles. The van der Waals surface area contributed by atoms with E-state index < -0.39 is 10.0 Å². The molecule has 1 amide bonds. The molecule has 3 aromatic carbocycles. The van der Waals surface area contributed by atoms with Crippen LogP contribution in [0.5, 0.6) is 0 Å². The van der Waals surface area contributed by atoms with E-state index >= 15 is 0 Å². The van der Waals surface area contributed by atoms with Gasteiger partial charge in [-0.1, -0.05) is 48.0 Å². The second-order valence-electron chi connectivity index (χ2n) is 7.62. The number of aryl methyl sites for hydroxylation is 3. The van der Waals surface area contributed by atoms with E-state index in [0.717, 1.165) is 33.6 Å². The largest absolute Gasteiger partial charge is 0.281 e. The molecule has 0 unspecified atom stereocenters. The van der Waals surface area contributed by atoms with Crippen LogP contribution in [0.3, 0.4) is 0 Å². The molecule has 1 N–H and O–H groups in total. The summed E-state index contributed by atoms with van der Waals surface area (Å²) in [6, 6.07) is 20.6. The van der Waals surface area contributed by atoms with Crippen LogP contribution >= 0.6 is 0 Å². The van der Waals surface area contributed by atoms with Gasteiger partial charge in [-0.05, 0) is 61.2 Å². The van der Waals surface area contributed by atoms with Crippen molar-refractivity contribution in [3.63, 3.8) is 0 Å². The first-order valence-electron chi connectivity index (χ1n) is 9.92. The van der Waals surface area contributed by atoms with Crippen LogP contribution in [0.4, 0.5) is 11.4 Å². The number of amides is 1. The first-order chi connectivity index (χ1) is 14.3. The van der Waals surface area contributed by atoms with Crippen LogP contribution in [0.2, 0.25) is 0 Å². The number of carbonyl (C=O) groups is 1. The second-order valence-corrected chi connectivity index (χ2v) is 9.36. The van der Waals surface area contributed by atoms with Crippen LogP contribution < -0.4 is 9.62 Å². The zero-order valence-corrected chi connectivity index (χ0v) is 17.9. The Morgan fingerprint density at radius 2 is 1.70 bits per heavy atom. The molecule has 0 fully saturated rings. The number of para-hydroxylation sites is 1. The summed E-state index contributed by atoms with van der Waals surface area (Å²) in [5.74, 6) is 0.0667. The van der Waals surface area contributed by atoms with Crippen LogP contribution in [-0.4, -0.2) is 14.3 Å². The Balaban J connectivity index is 1.57. The zero-order chi connectivity index (χ0) is 21.3. The molecule has 1 aliphatic heterocycles. The third-order valence-electron chi connectivity index (χ3n) is 5.34. The average molecular weight is 421 g/mol. The molecule has 3 aromatic rings. The van der Waals surface area contributed by atoms with Gasteiger partial charge in [-0.3, -0.25) is 9.69 Å². The van der Waals surface area contributed by atoms with Gasteiger partial charge in [0.15, 0.2) is 0 Å². The molecule has 6 heteroatoms. The average Bonchev–Trinajstić information content (AvgIpc) is 2.72. The topological polar surface area (TPSA) is 66.5 Å². The SMILES string of the molecule is Cc1ccc(S(=O)(=O)NCc2ccc3c(c2)CCC(=O)N3c2ccccc2)c(C)c1. The monoisotopic (exact) mass is 420 g/mol. The van der Waals surface area contributed by atoms with Crippen LogP contribution in [0.15, 0.2) is 71.6 Å². The number of sulfonamides is 1. The molecule has 0 spiro atoms. The Morgan fingerprint density at radius 1 is 0.933 bits per heavy atom. The standard InChI is InChI=1S/C24H24N2O3S/c1-17-8-12-23(18(2)14-17)30(28,29)25-16-19-9-11-22-20(15-19)10-13-24(27)26(22)21-6-4-3-5-7-21/h3-9,11-12,14-15,25H,10,13,16H2,1-2H3. The Morgan fingerprint density at radius 3 is 2.43 bits per heavy atom. The summed E-state index contributed by atoms with van der Waals surface area (Å²) < 4.78 is 28.2. The highest BCUT2D eigenvalue weighted by Crippen LogP contribution is 2.34. The lowest BCUT2D eigenvalue weighted by Crippen LogP contribution is -2.31. The number of hydrogen-bond acceptors (Lipinski definition) is 3. The molecule has 1 aliphatic rings. The van der Waals surface area contributed by atoms with Crippen molar-refractivity contribution in [2.24, 2.45) is 0 Å². The van der Waals surface area contributed by atoms with E-state index in [-0.39, 0.29) is 12.5 Å². The number of anilines is 2. The smallest absolute Gasteiger partial charge is 0.241 e. The number of carbonyl (C=O) groups excluding carboxylic acids is 1. The number of fused-ring (bicyclic) bond motifs is 1. The van der Waals surface area contributed by atoms with E-state index in [9.17, 15) is 13.2 Å². The molecule has 0 aliphatic carbocycles. The lowest BCUT2D eigenvalue weighted by Gasteiger charge is -2.30. The fraction of sp³-hybridized carbons (Fsp3) is 0.208. The molecule has 0 radical (unpaired) electrons. The maximum Gasteiger partial charge on any atom is 0.241 e. The van der Waals surface area contributed by atoms with Crippen LogP contribution in [0.25, 0.3) is 0 Å². The van der Waals surface area contributed by atoms with Crippen molar-refractivity contribution in [1.82, 2.24) is 4.72 Å². The maximum atomic E-state index is 12.7. The lowest BCUT2D eigenvalue weighted by molar-refractivity contribution is -0.118. The fourth-order valence-electron chi connectivity index (χ4n) is 3.87. The van der Waals surface area contributed by atoms with Gasteiger partial charge >= 0.3 is 0 Å². The molecule has 5 nitrogen and oxygen atoms in total. The molecule has 0 atom stereocenters. The number of hydrogen-bond donors (Lipinski definition) is 1. The molecule has 30 heavy (non-hydrogen) atoms. The zero-order valence-electron chi connectivity index (χ0n) is 17.1. The molecule has 4 rings (SSSR count). The van der Waals surface area contributed by atoms with Crippen molar-refractivity contribution in [3.05, 3.63) is 89.0 Å². The van der Waals surface area contributed by atoms with Crippen LogP contribution in [0.1, 0.15) is 28.7 Å². The highest BCUT2D eigenvalue weighted by atomic mass is 32.2. The maximum absolute atomic E-state index is 12.7. The van der Waals surface area contributed by atoms with Gasteiger partial charge in [-0.2, -0.15) is 0 Å². The Kier molecular flexibility index (Phi) is 5.45. The van der Waals surface area contributed by atoms with Crippen molar-refractivity contribution in [2.45, 2.75) is 38.1 Å². The quantitative estimate of drug-likeness (QED) is 0.666. The number of nitrogens with zero attached hydrogens (tertiary/aromatic N) is 1. The Bertz CT molecular complexity index is 1200. The normalized spacial score (nSPS) is 13.9. The van der Waals surface area contributed by atoms with Crippen molar-refractivity contribution in [1.29, 1.82) is 0 Å². The summed E-state index contributed by atoms with van der Waals surface area (Å²) >= 11 is 0.